The number of hydrogen-bond donors (Lipinski definition) is 2. The van der Waals surface area contributed by atoms with E-state index in [4.69, 9.17) is 9.15 Å². The minimum atomic E-state index is -0.185. The van der Waals surface area contributed by atoms with Crippen molar-refractivity contribution in [1.82, 2.24) is 10.6 Å². The number of amides is 1. The van der Waals surface area contributed by atoms with Crippen LogP contribution >= 0.6 is 12.4 Å². The van der Waals surface area contributed by atoms with Gasteiger partial charge in [-0.3, -0.25) is 4.79 Å². The predicted octanol–water partition coefficient (Wildman–Crippen LogP) is 2.35. The highest BCUT2D eigenvalue weighted by Gasteiger charge is 2.34. The molecule has 1 aromatic carbocycles. The largest absolute Gasteiger partial charge is 0.451 e. The molecule has 2 N–H and O–H groups in total. The van der Waals surface area contributed by atoms with Gasteiger partial charge in [0.25, 0.3) is 5.91 Å². The summed E-state index contributed by atoms with van der Waals surface area (Å²) in [5, 5.41) is 7.32. The number of hydrogen-bond acceptors (Lipinski definition) is 4. The number of para-hydroxylation sites is 1. The summed E-state index contributed by atoms with van der Waals surface area (Å²) in [6.07, 6.45) is 2.10. The molecule has 120 valence electrons. The Balaban J connectivity index is 0.00000176. The second-order valence-corrected chi connectivity index (χ2v) is 5.57. The van der Waals surface area contributed by atoms with Crippen LogP contribution in [-0.2, 0) is 4.74 Å². The van der Waals surface area contributed by atoms with Crippen LogP contribution in [0.15, 0.2) is 34.7 Å². The maximum absolute atomic E-state index is 12.2. The van der Waals surface area contributed by atoms with E-state index in [1.165, 1.54) is 0 Å². The van der Waals surface area contributed by atoms with Crippen LogP contribution in [0.25, 0.3) is 11.0 Å². The summed E-state index contributed by atoms with van der Waals surface area (Å²) >= 11 is 0. The molecule has 2 aromatic rings. The molecule has 1 saturated heterocycles. The van der Waals surface area contributed by atoms with Gasteiger partial charge in [-0.1, -0.05) is 18.2 Å². The first kappa shape index (κ1) is 16.8. The first-order chi connectivity index (χ1) is 10.2. The standard InChI is InChI=1S/C16H20N2O3.ClH/c1-20-11-16(7-4-8-18-16)10-17-15(19)14-9-12-5-2-3-6-13(12)21-14;/h2-3,5-6,9,18H,4,7-8,10-11H2,1H3,(H,17,19);1H. The lowest BCUT2D eigenvalue weighted by Crippen LogP contribution is -2.52. The summed E-state index contributed by atoms with van der Waals surface area (Å²) in [5.41, 5.74) is 0.574. The molecular weight excluding hydrogens is 304 g/mol. The number of rotatable bonds is 5. The molecule has 1 fully saturated rings. The van der Waals surface area contributed by atoms with Gasteiger partial charge in [0.2, 0.25) is 0 Å². The lowest BCUT2D eigenvalue weighted by atomic mass is 9.98. The number of carbonyl (C=O) groups excluding carboxylic acids is 1. The first-order valence-corrected chi connectivity index (χ1v) is 7.23. The maximum atomic E-state index is 12.2. The fraction of sp³-hybridized carbons (Fsp3) is 0.438. The zero-order valence-corrected chi connectivity index (χ0v) is 13.4. The molecule has 1 atom stereocenters. The number of benzene rings is 1. The molecule has 1 unspecified atom stereocenters. The zero-order chi connectivity index (χ0) is 14.7. The van der Waals surface area contributed by atoms with Crippen molar-refractivity contribution in [3.8, 4) is 0 Å². The molecule has 0 saturated carbocycles. The van der Waals surface area contributed by atoms with Crippen LogP contribution in [0.2, 0.25) is 0 Å². The van der Waals surface area contributed by atoms with E-state index < -0.39 is 0 Å². The van der Waals surface area contributed by atoms with E-state index in [-0.39, 0.29) is 23.9 Å². The maximum Gasteiger partial charge on any atom is 0.287 e. The third-order valence-electron chi connectivity index (χ3n) is 3.99. The number of furan rings is 1. The van der Waals surface area contributed by atoms with Crippen molar-refractivity contribution in [1.29, 1.82) is 0 Å². The summed E-state index contributed by atoms with van der Waals surface area (Å²) in [6.45, 7) is 2.09. The van der Waals surface area contributed by atoms with Crippen LogP contribution < -0.4 is 10.6 Å². The average molecular weight is 325 g/mol. The quantitative estimate of drug-likeness (QED) is 0.886. The van der Waals surface area contributed by atoms with Crippen LogP contribution in [-0.4, -0.2) is 38.3 Å². The molecule has 1 aromatic heterocycles. The summed E-state index contributed by atoms with van der Waals surface area (Å²) in [5.74, 6) is 0.164. The molecule has 1 amide bonds. The van der Waals surface area contributed by atoms with Gasteiger partial charge in [0.05, 0.1) is 12.1 Å². The minimum Gasteiger partial charge on any atom is -0.451 e. The van der Waals surface area contributed by atoms with Crippen LogP contribution in [0, 0.1) is 0 Å². The van der Waals surface area contributed by atoms with Gasteiger partial charge in [-0.15, -0.1) is 12.4 Å². The molecule has 0 radical (unpaired) electrons. The van der Waals surface area contributed by atoms with Gasteiger partial charge in [0, 0.05) is 19.0 Å². The predicted molar refractivity (Wildman–Crippen MR) is 87.6 cm³/mol. The van der Waals surface area contributed by atoms with Gasteiger partial charge in [-0.2, -0.15) is 0 Å². The Morgan fingerprint density at radius 1 is 1.45 bits per heavy atom. The number of fused-ring (bicyclic) bond motifs is 1. The van der Waals surface area contributed by atoms with Gasteiger partial charge < -0.3 is 19.8 Å². The highest BCUT2D eigenvalue weighted by Crippen LogP contribution is 2.21. The molecule has 0 aliphatic carbocycles. The van der Waals surface area contributed by atoms with Crippen molar-refractivity contribution < 1.29 is 13.9 Å². The lowest BCUT2D eigenvalue weighted by Gasteiger charge is -2.28. The molecule has 3 rings (SSSR count). The van der Waals surface area contributed by atoms with E-state index in [0.717, 1.165) is 30.4 Å². The average Bonchev–Trinajstić information content (AvgIpc) is 3.12. The van der Waals surface area contributed by atoms with E-state index in [9.17, 15) is 4.79 Å². The molecule has 1 aliphatic rings. The van der Waals surface area contributed by atoms with Crippen molar-refractivity contribution in [3.05, 3.63) is 36.1 Å². The topological polar surface area (TPSA) is 63.5 Å². The summed E-state index contributed by atoms with van der Waals surface area (Å²) in [7, 11) is 1.68. The van der Waals surface area contributed by atoms with Gasteiger partial charge >= 0.3 is 0 Å². The molecule has 2 heterocycles. The van der Waals surface area contributed by atoms with Crippen molar-refractivity contribution >= 4 is 29.3 Å². The number of carbonyl (C=O) groups is 1. The number of nitrogens with one attached hydrogen (secondary N) is 2. The molecule has 6 heteroatoms. The Bertz CT molecular complexity index is 602. The summed E-state index contributed by atoms with van der Waals surface area (Å²) in [6, 6.07) is 9.38. The Morgan fingerprint density at radius 3 is 2.95 bits per heavy atom. The van der Waals surface area contributed by atoms with Crippen molar-refractivity contribution in [2.45, 2.75) is 18.4 Å². The molecule has 22 heavy (non-hydrogen) atoms. The molecule has 0 bridgehead atoms. The normalized spacial score (nSPS) is 20.8. The van der Waals surface area contributed by atoms with Gasteiger partial charge in [0.15, 0.2) is 5.76 Å². The minimum absolute atomic E-state index is 0. The summed E-state index contributed by atoms with van der Waals surface area (Å²) < 4.78 is 10.9. The lowest BCUT2D eigenvalue weighted by molar-refractivity contribution is 0.0869. The third-order valence-corrected chi connectivity index (χ3v) is 3.99. The van der Waals surface area contributed by atoms with E-state index in [1.54, 1.807) is 13.2 Å². The fourth-order valence-corrected chi connectivity index (χ4v) is 2.90. The Hall–Kier alpha value is -1.56. The number of methoxy groups -OCH3 is 1. The molecule has 5 nitrogen and oxygen atoms in total. The molecular formula is C16H21ClN2O3. The van der Waals surface area contributed by atoms with E-state index >= 15 is 0 Å². The third kappa shape index (κ3) is 3.43. The van der Waals surface area contributed by atoms with Crippen molar-refractivity contribution in [2.24, 2.45) is 0 Å². The SMILES string of the molecule is COCC1(CNC(=O)c2cc3ccccc3o2)CCCN1.Cl. The number of ether oxygens (including phenoxy) is 1. The fourth-order valence-electron chi connectivity index (χ4n) is 2.90. The Labute approximate surface area is 135 Å². The van der Waals surface area contributed by atoms with Crippen LogP contribution in [0.1, 0.15) is 23.4 Å². The van der Waals surface area contributed by atoms with Gasteiger partial charge in [-0.05, 0) is 31.5 Å². The van der Waals surface area contributed by atoms with Crippen molar-refractivity contribution in [3.63, 3.8) is 0 Å². The van der Waals surface area contributed by atoms with Crippen molar-refractivity contribution in [2.75, 3.05) is 26.8 Å². The molecule has 0 spiro atoms. The highest BCUT2D eigenvalue weighted by molar-refractivity contribution is 5.96. The van der Waals surface area contributed by atoms with Crippen LogP contribution in [0.5, 0.6) is 0 Å². The smallest absolute Gasteiger partial charge is 0.287 e. The molecule has 1 aliphatic heterocycles. The van der Waals surface area contributed by atoms with Gasteiger partial charge in [-0.25, -0.2) is 0 Å². The Morgan fingerprint density at radius 2 is 2.27 bits per heavy atom. The van der Waals surface area contributed by atoms with E-state index in [2.05, 4.69) is 10.6 Å². The van der Waals surface area contributed by atoms with Gasteiger partial charge in [0.1, 0.15) is 5.58 Å². The van der Waals surface area contributed by atoms with Crippen LogP contribution in [0.4, 0.5) is 0 Å². The second-order valence-electron chi connectivity index (χ2n) is 5.57. The van der Waals surface area contributed by atoms with Crippen LogP contribution in [0.3, 0.4) is 0 Å². The van der Waals surface area contributed by atoms with E-state index in [0.29, 0.717) is 18.9 Å². The number of halogens is 1. The highest BCUT2D eigenvalue weighted by atomic mass is 35.5. The Kier molecular flexibility index (Phi) is 5.45. The first-order valence-electron chi connectivity index (χ1n) is 7.23. The monoisotopic (exact) mass is 324 g/mol. The second kappa shape index (κ2) is 7.13. The summed E-state index contributed by atoms with van der Waals surface area (Å²) in [4.78, 5) is 12.2. The zero-order valence-electron chi connectivity index (χ0n) is 12.6. The van der Waals surface area contributed by atoms with E-state index in [1.807, 2.05) is 24.3 Å².